The minimum atomic E-state index is -0.653. The Morgan fingerprint density at radius 3 is 2.64 bits per heavy atom. The summed E-state index contributed by atoms with van der Waals surface area (Å²) in [6.07, 6.45) is 10.4. The molecule has 2 atom stereocenters. The normalized spacial score (nSPS) is 20.4. The van der Waals surface area contributed by atoms with Gasteiger partial charge in [0.25, 0.3) is 0 Å². The van der Waals surface area contributed by atoms with Crippen molar-refractivity contribution in [3.63, 3.8) is 0 Å². The first kappa shape index (κ1) is 27.2. The smallest absolute Gasteiger partial charge is 0.163 e. The summed E-state index contributed by atoms with van der Waals surface area (Å²) in [5.74, 6) is -0.774. The van der Waals surface area contributed by atoms with Crippen molar-refractivity contribution in [2.75, 3.05) is 0 Å². The van der Waals surface area contributed by atoms with Gasteiger partial charge >= 0.3 is 0 Å². The molecule has 202 valence electrons. The molecule has 1 fully saturated rings. The molecule has 0 N–H and O–H groups in total. The number of fused-ring (bicyclic) bond motifs is 3. The first-order chi connectivity index (χ1) is 18.7. The first-order valence-corrected chi connectivity index (χ1v) is 13.9. The van der Waals surface area contributed by atoms with Crippen LogP contribution < -0.4 is 0 Å². The molecule has 6 heteroatoms. The summed E-state index contributed by atoms with van der Waals surface area (Å²) in [5, 5.41) is 9.42. The van der Waals surface area contributed by atoms with Crippen molar-refractivity contribution in [2.45, 2.75) is 90.6 Å². The van der Waals surface area contributed by atoms with E-state index in [1.165, 1.54) is 12.1 Å². The van der Waals surface area contributed by atoms with E-state index in [-0.39, 0.29) is 23.9 Å². The van der Waals surface area contributed by atoms with Crippen molar-refractivity contribution in [1.82, 2.24) is 9.97 Å². The number of aryl methyl sites for hydroxylation is 1. The fourth-order valence-corrected chi connectivity index (χ4v) is 5.83. The first-order valence-electron chi connectivity index (χ1n) is 13.9. The van der Waals surface area contributed by atoms with Gasteiger partial charge in [-0.15, -0.1) is 0 Å². The van der Waals surface area contributed by atoms with Crippen molar-refractivity contribution in [2.24, 2.45) is 0 Å². The van der Waals surface area contributed by atoms with E-state index < -0.39 is 5.79 Å². The zero-order chi connectivity index (χ0) is 27.7. The highest BCUT2D eigenvalue weighted by Gasteiger charge is 2.34. The Balaban J connectivity index is 1.72. The van der Waals surface area contributed by atoms with Gasteiger partial charge in [-0.2, -0.15) is 5.26 Å². The Bertz CT molecular complexity index is 1440. The number of nitriles is 1. The maximum Gasteiger partial charge on any atom is 0.163 e. The van der Waals surface area contributed by atoms with Gasteiger partial charge in [-0.3, -0.25) is 4.98 Å². The number of benzene rings is 1. The number of nitrogens with zero attached hydrogens (tertiary/aromatic N) is 3. The van der Waals surface area contributed by atoms with E-state index in [1.54, 1.807) is 6.20 Å². The van der Waals surface area contributed by atoms with Crippen LogP contribution in [0.25, 0.3) is 28.5 Å². The van der Waals surface area contributed by atoms with Crippen molar-refractivity contribution < 1.29 is 13.9 Å². The Kier molecular flexibility index (Phi) is 7.66. The number of hydrogen-bond acceptors (Lipinski definition) is 5. The van der Waals surface area contributed by atoms with Crippen LogP contribution in [0.4, 0.5) is 4.39 Å². The van der Waals surface area contributed by atoms with Crippen LogP contribution in [-0.2, 0) is 22.3 Å². The quantitative estimate of drug-likeness (QED) is 0.340. The zero-order valence-electron chi connectivity index (χ0n) is 23.4. The zero-order valence-corrected chi connectivity index (χ0v) is 23.4. The molecule has 3 heterocycles. The number of halogens is 1. The summed E-state index contributed by atoms with van der Waals surface area (Å²) in [6, 6.07) is 10.8. The molecule has 39 heavy (non-hydrogen) atoms. The number of pyridine rings is 2. The van der Waals surface area contributed by atoms with E-state index in [0.29, 0.717) is 5.69 Å². The molecular weight excluding hydrogens is 489 g/mol. The molecule has 0 unspecified atom stereocenters. The topological polar surface area (TPSA) is 68.0 Å². The summed E-state index contributed by atoms with van der Waals surface area (Å²) in [6.45, 7) is 10.4. The van der Waals surface area contributed by atoms with Crippen molar-refractivity contribution in [3.8, 4) is 28.5 Å². The molecule has 1 saturated heterocycles. The van der Waals surface area contributed by atoms with Crippen LogP contribution in [0.1, 0.15) is 87.9 Å². The highest BCUT2D eigenvalue weighted by atomic mass is 19.1. The standard InChI is InChI=1S/C33H36FN3O2/c1-6-25-17-26(39-33(4,5)38-25)14-15-28-30(21-10-12-23(34)13-11-21)27-9-7-8-22-16-24(18-35)36-19-29(22)32(27)37-31(28)20(2)3/h10-16,19-20,25-26H,6-9,17H2,1-5H3/b15-14+/t25-,26+/m0/s1. The number of ether oxygens (including phenoxy) is 2. The van der Waals surface area contributed by atoms with Gasteiger partial charge in [0.05, 0.1) is 23.6 Å². The van der Waals surface area contributed by atoms with Crippen LogP contribution in [0.5, 0.6) is 0 Å². The third-order valence-electron chi connectivity index (χ3n) is 7.59. The largest absolute Gasteiger partial charge is 0.347 e. The third kappa shape index (κ3) is 5.66. The van der Waals surface area contributed by atoms with Crippen LogP contribution in [0.15, 0.2) is 42.6 Å². The van der Waals surface area contributed by atoms with E-state index in [0.717, 1.165) is 76.9 Å². The molecule has 1 aromatic carbocycles. The molecule has 1 aliphatic carbocycles. The van der Waals surface area contributed by atoms with E-state index in [9.17, 15) is 9.65 Å². The van der Waals surface area contributed by atoms with Crippen LogP contribution in [0, 0.1) is 17.1 Å². The van der Waals surface area contributed by atoms with Crippen LogP contribution in [0.3, 0.4) is 0 Å². The second-order valence-corrected chi connectivity index (χ2v) is 11.3. The van der Waals surface area contributed by atoms with Gasteiger partial charge in [-0.25, -0.2) is 9.37 Å². The van der Waals surface area contributed by atoms with Crippen molar-refractivity contribution >= 4 is 6.08 Å². The van der Waals surface area contributed by atoms with Gasteiger partial charge in [0.15, 0.2) is 5.79 Å². The van der Waals surface area contributed by atoms with Crippen LogP contribution in [-0.4, -0.2) is 28.0 Å². The van der Waals surface area contributed by atoms with Gasteiger partial charge in [0.2, 0.25) is 0 Å². The maximum atomic E-state index is 14.0. The average molecular weight is 526 g/mol. The highest BCUT2D eigenvalue weighted by molar-refractivity contribution is 5.85. The lowest BCUT2D eigenvalue weighted by molar-refractivity contribution is -0.290. The Labute approximate surface area is 230 Å². The minimum absolute atomic E-state index is 0.0899. The second kappa shape index (κ2) is 11.0. The van der Waals surface area contributed by atoms with Gasteiger partial charge in [0.1, 0.15) is 17.6 Å². The molecule has 0 saturated carbocycles. The van der Waals surface area contributed by atoms with Crippen molar-refractivity contribution in [3.05, 3.63) is 76.5 Å². The third-order valence-corrected chi connectivity index (χ3v) is 7.59. The molecule has 0 amide bonds. The van der Waals surface area contributed by atoms with Gasteiger partial charge in [-0.1, -0.05) is 45.1 Å². The predicted octanol–water partition coefficient (Wildman–Crippen LogP) is 7.77. The lowest BCUT2D eigenvalue weighted by Crippen LogP contribution is -2.43. The molecule has 1 aliphatic heterocycles. The highest BCUT2D eigenvalue weighted by Crippen LogP contribution is 2.42. The lowest BCUT2D eigenvalue weighted by Gasteiger charge is -2.39. The summed E-state index contributed by atoms with van der Waals surface area (Å²) in [5.41, 5.74) is 8.59. The molecule has 0 bridgehead atoms. The average Bonchev–Trinajstić information content (AvgIpc) is 3.09. The molecule has 2 aromatic heterocycles. The van der Waals surface area contributed by atoms with E-state index in [1.807, 2.05) is 32.0 Å². The second-order valence-electron chi connectivity index (χ2n) is 11.3. The number of aromatic nitrogens is 2. The van der Waals surface area contributed by atoms with E-state index in [4.69, 9.17) is 14.5 Å². The van der Waals surface area contributed by atoms with E-state index in [2.05, 4.69) is 44.0 Å². The minimum Gasteiger partial charge on any atom is -0.347 e. The summed E-state index contributed by atoms with van der Waals surface area (Å²) in [4.78, 5) is 9.68. The number of hydrogen-bond donors (Lipinski definition) is 0. The summed E-state index contributed by atoms with van der Waals surface area (Å²) >= 11 is 0. The fourth-order valence-electron chi connectivity index (χ4n) is 5.83. The molecular formula is C33H36FN3O2. The Morgan fingerprint density at radius 2 is 1.95 bits per heavy atom. The lowest BCUT2D eigenvalue weighted by atomic mass is 9.86. The van der Waals surface area contributed by atoms with Crippen LogP contribution >= 0.6 is 0 Å². The predicted molar refractivity (Wildman–Crippen MR) is 151 cm³/mol. The molecule has 5 nitrogen and oxygen atoms in total. The Morgan fingerprint density at radius 1 is 1.18 bits per heavy atom. The molecule has 3 aromatic rings. The van der Waals surface area contributed by atoms with E-state index >= 15 is 0 Å². The maximum absolute atomic E-state index is 14.0. The molecule has 5 rings (SSSR count). The van der Waals surface area contributed by atoms with Crippen molar-refractivity contribution in [1.29, 1.82) is 5.26 Å². The molecule has 0 spiro atoms. The van der Waals surface area contributed by atoms with Gasteiger partial charge in [-0.05, 0) is 85.9 Å². The SMILES string of the molecule is CC[C@H]1C[C@@H](/C=C/c2c(C(C)C)nc3c(c2-c2ccc(F)cc2)CCCc2cc(C#N)ncc2-3)OC(C)(C)O1. The van der Waals surface area contributed by atoms with Gasteiger partial charge in [0, 0.05) is 23.7 Å². The Hall–Kier alpha value is -3.40. The van der Waals surface area contributed by atoms with Gasteiger partial charge < -0.3 is 9.47 Å². The fraction of sp³-hybridized carbons (Fsp3) is 0.424. The van der Waals surface area contributed by atoms with Crippen LogP contribution in [0.2, 0.25) is 0 Å². The monoisotopic (exact) mass is 525 g/mol. The summed E-state index contributed by atoms with van der Waals surface area (Å²) < 4.78 is 26.4. The molecule has 0 radical (unpaired) electrons. The summed E-state index contributed by atoms with van der Waals surface area (Å²) in [7, 11) is 0. The molecule has 2 aliphatic rings. The number of rotatable bonds is 5.